The van der Waals surface area contributed by atoms with Crippen LogP contribution in [0.3, 0.4) is 0 Å². The quantitative estimate of drug-likeness (QED) is 0.761. The van der Waals surface area contributed by atoms with Gasteiger partial charge in [-0.25, -0.2) is 0 Å². The lowest BCUT2D eigenvalue weighted by atomic mass is 10.2. The van der Waals surface area contributed by atoms with Crippen molar-refractivity contribution >= 4 is 17.3 Å². The Labute approximate surface area is 111 Å². The van der Waals surface area contributed by atoms with Crippen LogP contribution in [0.25, 0.3) is 0 Å². The van der Waals surface area contributed by atoms with Crippen molar-refractivity contribution in [1.82, 2.24) is 4.98 Å². The summed E-state index contributed by atoms with van der Waals surface area (Å²) in [6, 6.07) is 11.2. The topological polar surface area (TPSA) is 74.2 Å². The number of anilines is 2. The number of carbonyl (C=O) groups excluding carboxylic acids is 1. The van der Waals surface area contributed by atoms with E-state index < -0.39 is 12.5 Å². The van der Waals surface area contributed by atoms with Crippen molar-refractivity contribution in [1.29, 1.82) is 0 Å². The number of amides is 1. The predicted molar refractivity (Wildman–Crippen MR) is 73.7 cm³/mol. The van der Waals surface area contributed by atoms with E-state index in [0.717, 1.165) is 11.3 Å². The van der Waals surface area contributed by atoms with Crippen molar-refractivity contribution < 1.29 is 9.90 Å². The molecule has 1 amide bonds. The van der Waals surface area contributed by atoms with Crippen LogP contribution in [0, 0.1) is 0 Å². The Balaban J connectivity index is 1.97. The number of rotatable bonds is 5. The van der Waals surface area contributed by atoms with Gasteiger partial charge >= 0.3 is 0 Å². The number of benzene rings is 1. The highest BCUT2D eigenvalue weighted by molar-refractivity contribution is 5.91. The van der Waals surface area contributed by atoms with Gasteiger partial charge in [-0.3, -0.25) is 9.78 Å². The normalized spacial score (nSPS) is 9.95. The lowest BCUT2D eigenvalue weighted by Gasteiger charge is -2.09. The van der Waals surface area contributed by atoms with E-state index in [1.165, 1.54) is 0 Å². The third kappa shape index (κ3) is 4.08. The third-order valence-electron chi connectivity index (χ3n) is 2.51. The number of hydrogen-bond donors (Lipinski definition) is 3. The molecule has 1 heterocycles. The number of nitrogens with zero attached hydrogens (tertiary/aromatic N) is 1. The molecule has 0 saturated carbocycles. The minimum atomic E-state index is -0.520. The molecule has 5 heteroatoms. The molecular formula is C14H15N3O2. The van der Waals surface area contributed by atoms with Crippen LogP contribution in [-0.4, -0.2) is 22.6 Å². The number of aliphatic hydroxyl groups is 1. The lowest BCUT2D eigenvalue weighted by molar-refractivity contribution is -0.118. The number of aromatic nitrogens is 1. The van der Waals surface area contributed by atoms with Crippen LogP contribution in [0.1, 0.15) is 5.56 Å². The summed E-state index contributed by atoms with van der Waals surface area (Å²) >= 11 is 0. The summed E-state index contributed by atoms with van der Waals surface area (Å²) in [7, 11) is 0. The van der Waals surface area contributed by atoms with Crippen LogP contribution in [-0.2, 0) is 11.3 Å². The molecular weight excluding hydrogens is 242 g/mol. The summed E-state index contributed by atoms with van der Waals surface area (Å²) in [4.78, 5) is 15.1. The summed E-state index contributed by atoms with van der Waals surface area (Å²) in [5.41, 5.74) is 2.61. The van der Waals surface area contributed by atoms with Gasteiger partial charge in [-0.1, -0.05) is 12.1 Å². The minimum Gasteiger partial charge on any atom is -0.387 e. The zero-order chi connectivity index (χ0) is 13.5. The third-order valence-corrected chi connectivity index (χ3v) is 2.51. The van der Waals surface area contributed by atoms with Crippen molar-refractivity contribution in [3.63, 3.8) is 0 Å². The van der Waals surface area contributed by atoms with Gasteiger partial charge in [-0.05, 0) is 29.8 Å². The van der Waals surface area contributed by atoms with Gasteiger partial charge in [0.15, 0.2) is 0 Å². The van der Waals surface area contributed by atoms with Crippen LogP contribution in [0.4, 0.5) is 11.4 Å². The van der Waals surface area contributed by atoms with Crippen LogP contribution < -0.4 is 10.6 Å². The fraction of sp³-hybridized carbons (Fsp3) is 0.143. The lowest BCUT2D eigenvalue weighted by Crippen LogP contribution is -2.15. The Bertz CT molecular complexity index is 543. The molecule has 0 spiro atoms. The van der Waals surface area contributed by atoms with Crippen molar-refractivity contribution in [2.24, 2.45) is 0 Å². The van der Waals surface area contributed by atoms with Crippen LogP contribution in [0.5, 0.6) is 0 Å². The molecule has 0 fully saturated rings. The minimum absolute atomic E-state index is 0.426. The van der Waals surface area contributed by atoms with Gasteiger partial charge in [0.1, 0.15) is 6.61 Å². The fourth-order valence-electron chi connectivity index (χ4n) is 1.61. The van der Waals surface area contributed by atoms with E-state index >= 15 is 0 Å². The Kier molecular flexibility index (Phi) is 4.47. The maximum absolute atomic E-state index is 11.1. The Morgan fingerprint density at radius 1 is 1.21 bits per heavy atom. The highest BCUT2D eigenvalue weighted by atomic mass is 16.3. The first-order chi connectivity index (χ1) is 9.28. The molecule has 0 radical (unpaired) electrons. The van der Waals surface area contributed by atoms with Crippen molar-refractivity contribution in [3.8, 4) is 0 Å². The van der Waals surface area contributed by atoms with Crippen LogP contribution in [0.2, 0.25) is 0 Å². The molecule has 0 bridgehead atoms. The predicted octanol–water partition coefficient (Wildman–Crippen LogP) is 1.62. The molecule has 98 valence electrons. The van der Waals surface area contributed by atoms with Gasteiger partial charge in [0.25, 0.3) is 0 Å². The second-order valence-electron chi connectivity index (χ2n) is 4.00. The Morgan fingerprint density at radius 2 is 2.05 bits per heavy atom. The van der Waals surface area contributed by atoms with E-state index in [2.05, 4.69) is 15.6 Å². The molecule has 1 aromatic heterocycles. The highest BCUT2D eigenvalue weighted by Crippen LogP contribution is 2.15. The number of hydrogen-bond acceptors (Lipinski definition) is 4. The number of nitrogens with one attached hydrogen (secondary N) is 2. The molecule has 0 unspecified atom stereocenters. The molecule has 0 aliphatic carbocycles. The molecule has 19 heavy (non-hydrogen) atoms. The summed E-state index contributed by atoms with van der Waals surface area (Å²) in [5, 5.41) is 14.5. The second kappa shape index (κ2) is 6.51. The smallest absolute Gasteiger partial charge is 0.250 e. The zero-order valence-electron chi connectivity index (χ0n) is 10.3. The maximum atomic E-state index is 11.1. The van der Waals surface area contributed by atoms with Crippen molar-refractivity contribution in [2.75, 3.05) is 17.2 Å². The average Bonchev–Trinajstić information content (AvgIpc) is 2.46. The number of aliphatic hydroxyl groups excluding tert-OH is 1. The van der Waals surface area contributed by atoms with Gasteiger partial charge in [0, 0.05) is 30.3 Å². The number of carbonyl (C=O) groups is 1. The van der Waals surface area contributed by atoms with E-state index in [4.69, 9.17) is 5.11 Å². The molecule has 5 nitrogen and oxygen atoms in total. The van der Waals surface area contributed by atoms with Crippen LogP contribution >= 0.6 is 0 Å². The summed E-state index contributed by atoms with van der Waals surface area (Å²) in [6.45, 7) is 0.137. The standard InChI is InChI=1S/C14H15N3O2/c18-10-14(19)17-13-5-1-4-12(7-13)16-9-11-3-2-6-15-8-11/h1-8,16,18H,9-10H2,(H,17,19). The first-order valence-electron chi connectivity index (χ1n) is 5.91. The molecule has 0 atom stereocenters. The molecule has 3 N–H and O–H groups in total. The second-order valence-corrected chi connectivity index (χ2v) is 4.00. The maximum Gasteiger partial charge on any atom is 0.250 e. The van der Waals surface area contributed by atoms with E-state index in [1.54, 1.807) is 18.5 Å². The summed E-state index contributed by atoms with van der Waals surface area (Å²) in [6.07, 6.45) is 3.53. The van der Waals surface area contributed by atoms with Crippen LogP contribution in [0.15, 0.2) is 48.8 Å². The van der Waals surface area contributed by atoms with Gasteiger partial charge in [0.05, 0.1) is 0 Å². The Hall–Kier alpha value is -2.40. The molecule has 0 saturated heterocycles. The summed E-state index contributed by atoms with van der Waals surface area (Å²) < 4.78 is 0. The van der Waals surface area contributed by atoms with Gasteiger partial charge < -0.3 is 15.7 Å². The van der Waals surface area contributed by atoms with Gasteiger partial charge in [0.2, 0.25) is 5.91 Å². The molecule has 0 aliphatic heterocycles. The van der Waals surface area contributed by atoms with Gasteiger partial charge in [-0.15, -0.1) is 0 Å². The monoisotopic (exact) mass is 257 g/mol. The SMILES string of the molecule is O=C(CO)Nc1cccc(NCc2cccnc2)c1. The fourth-order valence-corrected chi connectivity index (χ4v) is 1.61. The highest BCUT2D eigenvalue weighted by Gasteiger charge is 2.00. The summed E-state index contributed by atoms with van der Waals surface area (Å²) in [5.74, 6) is -0.426. The molecule has 2 aromatic rings. The van der Waals surface area contributed by atoms with E-state index in [9.17, 15) is 4.79 Å². The Morgan fingerprint density at radius 3 is 2.79 bits per heavy atom. The largest absolute Gasteiger partial charge is 0.387 e. The number of pyridine rings is 1. The van der Waals surface area contributed by atoms with E-state index in [1.807, 2.05) is 30.3 Å². The first kappa shape index (κ1) is 13.0. The van der Waals surface area contributed by atoms with E-state index in [0.29, 0.717) is 12.2 Å². The zero-order valence-corrected chi connectivity index (χ0v) is 10.3. The van der Waals surface area contributed by atoms with E-state index in [-0.39, 0.29) is 0 Å². The molecule has 0 aliphatic rings. The van der Waals surface area contributed by atoms with Crippen molar-refractivity contribution in [2.45, 2.75) is 6.54 Å². The van der Waals surface area contributed by atoms with Crippen molar-refractivity contribution in [3.05, 3.63) is 54.4 Å². The van der Waals surface area contributed by atoms with Gasteiger partial charge in [-0.2, -0.15) is 0 Å². The molecule has 1 aromatic carbocycles. The average molecular weight is 257 g/mol. The first-order valence-corrected chi connectivity index (χ1v) is 5.91. The molecule has 2 rings (SSSR count).